The minimum atomic E-state index is -0.851. The molecule has 0 saturated heterocycles. The van der Waals surface area contributed by atoms with Gasteiger partial charge in [0.05, 0.1) is 17.3 Å². The first-order valence-corrected chi connectivity index (χ1v) is 9.17. The summed E-state index contributed by atoms with van der Waals surface area (Å²) in [5, 5.41) is 15.0. The van der Waals surface area contributed by atoms with E-state index in [0.29, 0.717) is 17.8 Å². The van der Waals surface area contributed by atoms with Crippen LogP contribution in [-0.4, -0.2) is 29.9 Å². The van der Waals surface area contributed by atoms with Gasteiger partial charge in [0, 0.05) is 0 Å². The third kappa shape index (κ3) is 4.54. The molecule has 0 aromatic carbocycles. The molecule has 1 aliphatic rings. The molecule has 3 rings (SSSR count). The Kier molecular flexibility index (Phi) is 5.57. The van der Waals surface area contributed by atoms with Gasteiger partial charge in [-0.05, 0) is 49.9 Å². The molecular weight excluding hydrogens is 370 g/mol. The number of amides is 2. The van der Waals surface area contributed by atoms with Gasteiger partial charge in [-0.3, -0.25) is 9.59 Å². The summed E-state index contributed by atoms with van der Waals surface area (Å²) in [4.78, 5) is 36.2. The van der Waals surface area contributed by atoms with E-state index in [1.54, 1.807) is 12.1 Å². The van der Waals surface area contributed by atoms with Crippen LogP contribution in [0, 0.1) is 11.3 Å². The number of anilines is 1. The van der Waals surface area contributed by atoms with Crippen LogP contribution >= 0.6 is 11.3 Å². The van der Waals surface area contributed by atoms with Gasteiger partial charge < -0.3 is 19.8 Å². The highest BCUT2D eigenvalue weighted by molar-refractivity contribution is 7.18. The number of hydrogen-bond donors (Lipinski definition) is 2. The number of esters is 1. The molecule has 0 spiro atoms. The Morgan fingerprint density at radius 1 is 1.26 bits per heavy atom. The number of carbonyl (C=O) groups is 3. The fourth-order valence-corrected chi connectivity index (χ4v) is 3.64. The summed E-state index contributed by atoms with van der Waals surface area (Å²) in [5.41, 5.74) is -0.851. The Balaban J connectivity index is 1.50. The standard InChI is InChI=1S/C18H17N3O5S/c19-11-18(7-1-2-8-18)21-14(22)10-26-17(24)13-5-6-15(27-13)20-16(23)12-4-3-9-25-12/h3-6,9H,1-2,7-8,10H2,(H,20,23)(H,21,22). The van der Waals surface area contributed by atoms with Gasteiger partial charge in [0.1, 0.15) is 10.4 Å². The Bertz CT molecular complexity index is 875. The van der Waals surface area contributed by atoms with Gasteiger partial charge in [-0.15, -0.1) is 11.3 Å². The van der Waals surface area contributed by atoms with Crippen molar-refractivity contribution < 1.29 is 23.5 Å². The van der Waals surface area contributed by atoms with E-state index in [0.717, 1.165) is 24.2 Å². The molecule has 2 aromatic heterocycles. The molecule has 0 unspecified atom stereocenters. The summed E-state index contributed by atoms with van der Waals surface area (Å²) in [6.45, 7) is -0.464. The summed E-state index contributed by atoms with van der Waals surface area (Å²) < 4.78 is 9.99. The molecule has 0 aliphatic heterocycles. The van der Waals surface area contributed by atoms with Crippen LogP contribution in [0.3, 0.4) is 0 Å². The first-order chi connectivity index (χ1) is 13.0. The first kappa shape index (κ1) is 18.7. The first-order valence-electron chi connectivity index (χ1n) is 8.35. The number of ether oxygens (including phenoxy) is 1. The van der Waals surface area contributed by atoms with Gasteiger partial charge in [-0.2, -0.15) is 5.26 Å². The average molecular weight is 387 g/mol. The summed E-state index contributed by atoms with van der Waals surface area (Å²) in [6, 6.07) is 8.32. The second kappa shape index (κ2) is 8.05. The topological polar surface area (TPSA) is 121 Å². The van der Waals surface area contributed by atoms with Crippen LogP contribution in [0.15, 0.2) is 34.9 Å². The SMILES string of the molecule is N#CC1(NC(=O)COC(=O)c2ccc(NC(=O)c3ccco3)s2)CCCC1. The Morgan fingerprint density at radius 2 is 2.04 bits per heavy atom. The van der Waals surface area contributed by atoms with Crippen molar-refractivity contribution >= 4 is 34.1 Å². The van der Waals surface area contributed by atoms with Crippen molar-refractivity contribution in [2.45, 2.75) is 31.2 Å². The summed E-state index contributed by atoms with van der Waals surface area (Å²) in [6.07, 6.45) is 4.36. The molecule has 2 N–H and O–H groups in total. The highest BCUT2D eigenvalue weighted by Gasteiger charge is 2.35. The molecule has 1 aliphatic carbocycles. The number of rotatable bonds is 6. The number of carbonyl (C=O) groups excluding carboxylic acids is 3. The third-order valence-electron chi connectivity index (χ3n) is 4.17. The van der Waals surface area contributed by atoms with E-state index in [9.17, 15) is 19.6 Å². The lowest BCUT2D eigenvalue weighted by Gasteiger charge is -2.21. The van der Waals surface area contributed by atoms with Crippen molar-refractivity contribution in [2.75, 3.05) is 11.9 Å². The highest BCUT2D eigenvalue weighted by Crippen LogP contribution is 2.28. The maximum absolute atomic E-state index is 12.1. The quantitative estimate of drug-likeness (QED) is 0.735. The minimum Gasteiger partial charge on any atom is -0.459 e. The molecule has 0 radical (unpaired) electrons. The third-order valence-corrected chi connectivity index (χ3v) is 5.15. The fourth-order valence-electron chi connectivity index (χ4n) is 2.84. The van der Waals surface area contributed by atoms with Crippen LogP contribution in [0.25, 0.3) is 0 Å². The summed E-state index contributed by atoms with van der Waals surface area (Å²) in [7, 11) is 0. The lowest BCUT2D eigenvalue weighted by Crippen LogP contribution is -2.46. The molecule has 1 fully saturated rings. The van der Waals surface area contributed by atoms with E-state index in [4.69, 9.17) is 9.15 Å². The zero-order valence-corrected chi connectivity index (χ0v) is 15.1. The van der Waals surface area contributed by atoms with Gasteiger partial charge in [0.25, 0.3) is 11.8 Å². The van der Waals surface area contributed by atoms with E-state index in [1.165, 1.54) is 18.4 Å². The molecule has 9 heteroatoms. The van der Waals surface area contributed by atoms with Crippen molar-refractivity contribution in [1.82, 2.24) is 5.32 Å². The average Bonchev–Trinajstić information content (AvgIpc) is 3.41. The van der Waals surface area contributed by atoms with Gasteiger partial charge in [-0.1, -0.05) is 0 Å². The van der Waals surface area contributed by atoms with Gasteiger partial charge in [0.15, 0.2) is 12.4 Å². The van der Waals surface area contributed by atoms with Crippen LogP contribution in [0.1, 0.15) is 45.9 Å². The van der Waals surface area contributed by atoms with Gasteiger partial charge >= 0.3 is 5.97 Å². The number of hydrogen-bond acceptors (Lipinski definition) is 7. The molecular formula is C18H17N3O5S. The molecule has 0 atom stereocenters. The monoisotopic (exact) mass is 387 g/mol. The predicted molar refractivity (Wildman–Crippen MR) is 96.2 cm³/mol. The number of nitrogens with one attached hydrogen (secondary N) is 2. The molecule has 2 aromatic rings. The lowest BCUT2D eigenvalue weighted by atomic mass is 10.00. The number of furan rings is 1. The number of nitriles is 1. The Morgan fingerprint density at radius 3 is 2.70 bits per heavy atom. The van der Waals surface area contributed by atoms with E-state index in [-0.39, 0.29) is 10.6 Å². The second-order valence-electron chi connectivity index (χ2n) is 6.12. The van der Waals surface area contributed by atoms with Crippen molar-refractivity contribution in [3.8, 4) is 6.07 Å². The molecule has 27 heavy (non-hydrogen) atoms. The van der Waals surface area contributed by atoms with E-state index < -0.39 is 29.9 Å². The van der Waals surface area contributed by atoms with Gasteiger partial charge in [0.2, 0.25) is 0 Å². The number of thiophene rings is 1. The van der Waals surface area contributed by atoms with E-state index in [2.05, 4.69) is 16.7 Å². The van der Waals surface area contributed by atoms with Gasteiger partial charge in [-0.25, -0.2) is 4.79 Å². The van der Waals surface area contributed by atoms with Crippen LogP contribution in [0.2, 0.25) is 0 Å². The molecule has 8 nitrogen and oxygen atoms in total. The maximum atomic E-state index is 12.1. The van der Waals surface area contributed by atoms with Crippen molar-refractivity contribution in [3.05, 3.63) is 41.2 Å². The van der Waals surface area contributed by atoms with Crippen molar-refractivity contribution in [3.63, 3.8) is 0 Å². The van der Waals surface area contributed by atoms with Crippen molar-refractivity contribution in [2.24, 2.45) is 0 Å². The zero-order chi connectivity index (χ0) is 19.3. The zero-order valence-electron chi connectivity index (χ0n) is 14.3. The molecule has 2 amide bonds. The van der Waals surface area contributed by atoms with Crippen LogP contribution in [0.4, 0.5) is 5.00 Å². The maximum Gasteiger partial charge on any atom is 0.348 e. The molecule has 140 valence electrons. The normalized spacial score (nSPS) is 14.9. The second-order valence-corrected chi connectivity index (χ2v) is 7.20. The Hall–Kier alpha value is -3.12. The summed E-state index contributed by atoms with van der Waals surface area (Å²) >= 11 is 1.02. The molecule has 0 bridgehead atoms. The van der Waals surface area contributed by atoms with Crippen LogP contribution in [-0.2, 0) is 9.53 Å². The number of nitrogens with zero attached hydrogens (tertiary/aromatic N) is 1. The largest absolute Gasteiger partial charge is 0.459 e. The van der Waals surface area contributed by atoms with Crippen molar-refractivity contribution in [1.29, 1.82) is 5.26 Å². The smallest absolute Gasteiger partial charge is 0.348 e. The highest BCUT2D eigenvalue weighted by atomic mass is 32.1. The van der Waals surface area contributed by atoms with E-state index in [1.807, 2.05) is 0 Å². The predicted octanol–water partition coefficient (Wildman–Crippen LogP) is 2.70. The van der Waals surface area contributed by atoms with E-state index >= 15 is 0 Å². The molecule has 1 saturated carbocycles. The Labute approximate surface area is 159 Å². The minimum absolute atomic E-state index is 0.155. The lowest BCUT2D eigenvalue weighted by molar-refractivity contribution is -0.125. The fraction of sp³-hybridized carbons (Fsp3) is 0.333. The summed E-state index contributed by atoms with van der Waals surface area (Å²) in [5.74, 6) is -1.46. The van der Waals surface area contributed by atoms with Crippen LogP contribution < -0.4 is 10.6 Å². The van der Waals surface area contributed by atoms with Crippen LogP contribution in [0.5, 0.6) is 0 Å². The molecule has 2 heterocycles.